The second-order valence-corrected chi connectivity index (χ2v) is 20.4. The summed E-state index contributed by atoms with van der Waals surface area (Å²) in [5, 5.41) is 0.298. The van der Waals surface area contributed by atoms with Gasteiger partial charge in [-0.2, -0.15) is 4.89 Å². The number of ketones is 1. The minimum Gasteiger partial charge on any atom is -0.487 e. The molecule has 3 heterocycles. The first-order chi connectivity index (χ1) is 28.3. The van der Waals surface area contributed by atoms with Crippen LogP contribution >= 0.6 is 19.4 Å². The minimum absolute atomic E-state index is 0.0584. The molecule has 2 aromatic carbocycles. The number of carbonyl (C=O) groups is 1. The fourth-order valence-electron chi connectivity index (χ4n) is 11.4. The summed E-state index contributed by atoms with van der Waals surface area (Å²) in [6, 6.07) is 10.2. The maximum Gasteiger partial charge on any atom is 0.527 e. The van der Waals surface area contributed by atoms with Crippen LogP contribution in [0.5, 0.6) is 11.5 Å². The predicted octanol–water partition coefficient (Wildman–Crippen LogP) is 8.19. The number of benzene rings is 2. The van der Waals surface area contributed by atoms with Crippen LogP contribution in [0.15, 0.2) is 42.5 Å². The van der Waals surface area contributed by atoms with Crippen molar-refractivity contribution < 1.29 is 66.2 Å². The lowest BCUT2D eigenvalue weighted by Crippen LogP contribution is -2.76. The van der Waals surface area contributed by atoms with E-state index in [2.05, 4.69) is 0 Å². The number of rotatable bonds is 13. The molecule has 3 aliphatic heterocycles. The molecule has 0 aromatic heterocycles. The topological polar surface area (TPSA) is 156 Å². The van der Waals surface area contributed by atoms with Crippen molar-refractivity contribution in [3.05, 3.63) is 64.2 Å². The van der Waals surface area contributed by atoms with Crippen LogP contribution in [0.1, 0.15) is 97.3 Å². The van der Waals surface area contributed by atoms with Gasteiger partial charge in [0.15, 0.2) is 23.0 Å². The van der Waals surface area contributed by atoms with Gasteiger partial charge in [0.1, 0.15) is 54.7 Å². The molecule has 5 aliphatic carbocycles. The maximum atomic E-state index is 13.7. The zero-order chi connectivity index (χ0) is 42.6. The van der Waals surface area contributed by atoms with E-state index in [1.54, 1.807) is 65.1 Å². The van der Waals surface area contributed by atoms with E-state index < -0.39 is 67.4 Å². The summed E-state index contributed by atoms with van der Waals surface area (Å²) in [5.41, 5.74) is 1.25. The number of methoxy groups -OCH3 is 1. The van der Waals surface area contributed by atoms with Crippen molar-refractivity contribution in [3.63, 3.8) is 0 Å². The highest BCUT2D eigenvalue weighted by Crippen LogP contribution is 2.70. The molecule has 328 valence electrons. The molecular weight excluding hydrogens is 819 g/mol. The summed E-state index contributed by atoms with van der Waals surface area (Å²) in [6.07, 6.45) is 3.83. The van der Waals surface area contributed by atoms with Crippen molar-refractivity contribution in [3.8, 4) is 11.5 Å². The Balaban J connectivity index is 0.926. The van der Waals surface area contributed by atoms with Gasteiger partial charge >= 0.3 is 7.82 Å². The summed E-state index contributed by atoms with van der Waals surface area (Å²) in [5.74, 6) is -1.03. The second-order valence-electron chi connectivity index (χ2n) is 18.7. The first-order valence-electron chi connectivity index (χ1n) is 21.1. The van der Waals surface area contributed by atoms with Crippen LogP contribution in [0.4, 0.5) is 0 Å². The molecule has 3 saturated heterocycles. The molecule has 4 bridgehead atoms. The van der Waals surface area contributed by atoms with Gasteiger partial charge < -0.3 is 37.7 Å². The fourth-order valence-corrected chi connectivity index (χ4v) is 12.7. The smallest absolute Gasteiger partial charge is 0.487 e. The molecule has 10 rings (SSSR count). The third kappa shape index (κ3) is 7.40. The molecule has 5 saturated carbocycles. The van der Waals surface area contributed by atoms with Crippen LogP contribution in [-0.2, 0) is 64.5 Å². The van der Waals surface area contributed by atoms with E-state index in [-0.39, 0.29) is 36.1 Å². The number of phosphoric ester groups is 1. The van der Waals surface area contributed by atoms with Gasteiger partial charge in [-0.15, -0.1) is 0 Å². The van der Waals surface area contributed by atoms with Gasteiger partial charge in [-0.05, 0) is 134 Å². The Morgan fingerprint density at radius 1 is 0.867 bits per heavy atom. The highest BCUT2D eigenvalue weighted by atomic mass is 35.5. The number of phosphoric acid groups is 1. The van der Waals surface area contributed by atoms with Gasteiger partial charge in [0.05, 0.1) is 11.1 Å². The van der Waals surface area contributed by atoms with Crippen molar-refractivity contribution >= 4 is 31.3 Å². The summed E-state index contributed by atoms with van der Waals surface area (Å²) in [6.45, 7) is 12.4. The molecule has 16 heteroatoms. The molecule has 8 atom stereocenters. The third-order valence-corrected chi connectivity index (χ3v) is 14.6. The molecule has 1 N–H and O–H groups in total. The average molecular weight is 875 g/mol. The molecule has 14 nitrogen and oxygen atoms in total. The van der Waals surface area contributed by atoms with E-state index in [9.17, 15) is 14.3 Å². The Kier molecular flexibility index (Phi) is 11.0. The van der Waals surface area contributed by atoms with E-state index in [0.29, 0.717) is 39.3 Å². The van der Waals surface area contributed by atoms with E-state index >= 15 is 0 Å². The monoisotopic (exact) mass is 874 g/mol. The van der Waals surface area contributed by atoms with Crippen molar-refractivity contribution in [1.29, 1.82) is 0 Å². The van der Waals surface area contributed by atoms with Crippen LogP contribution in [0.25, 0.3) is 6.08 Å². The highest BCUT2D eigenvalue weighted by Gasteiger charge is 2.77. The van der Waals surface area contributed by atoms with Crippen LogP contribution in [-0.4, -0.2) is 77.7 Å². The number of carbonyl (C=O) groups excluding carboxylic acids is 1. The van der Waals surface area contributed by atoms with Crippen molar-refractivity contribution in [2.75, 3.05) is 7.11 Å². The summed E-state index contributed by atoms with van der Waals surface area (Å²) in [4.78, 5) is 35.4. The highest BCUT2D eigenvalue weighted by molar-refractivity contribution is 7.47. The lowest BCUT2D eigenvalue weighted by molar-refractivity contribution is -0.645. The number of hydrogen-bond acceptors (Lipinski definition) is 13. The Labute approximate surface area is 355 Å². The first kappa shape index (κ1) is 42.9. The average Bonchev–Trinajstić information content (AvgIpc) is 3.66. The molecule has 4 unspecified atom stereocenters. The Morgan fingerprint density at radius 3 is 1.93 bits per heavy atom. The molecule has 8 aliphatic rings. The van der Waals surface area contributed by atoms with Crippen LogP contribution in [0.2, 0.25) is 5.02 Å². The molecule has 1 spiro atoms. The van der Waals surface area contributed by atoms with Crippen molar-refractivity contribution in [2.45, 2.75) is 153 Å². The van der Waals surface area contributed by atoms with Gasteiger partial charge in [-0.1, -0.05) is 35.9 Å². The number of fused-ring (bicyclic) bond motifs is 2. The maximum absolute atomic E-state index is 13.7. The molecular formula is C44H56ClO14P. The SMILES string of the molecule is COC1(c2ccc(/C=C/C(C)=O)c(OCc3ccc(OP(=O)(O)OC4[C@@H]5OC(C)(C)O[C@@H]5C(OC(C)C)[C@@H]5OC(C)(C)O[C@@H]45)cc3)c2Cl)OOC12C1CC3CC(C1)CC2C3. The van der Waals surface area contributed by atoms with E-state index in [4.69, 9.17) is 63.6 Å². The van der Waals surface area contributed by atoms with Gasteiger partial charge in [-0.25, -0.2) is 9.45 Å². The van der Waals surface area contributed by atoms with E-state index in [0.717, 1.165) is 25.7 Å². The summed E-state index contributed by atoms with van der Waals surface area (Å²) >= 11 is 7.28. The van der Waals surface area contributed by atoms with Gasteiger partial charge in [0, 0.05) is 18.2 Å². The molecule has 0 amide bonds. The second kappa shape index (κ2) is 15.4. The Bertz CT molecular complexity index is 1990. The van der Waals surface area contributed by atoms with E-state index in [1.807, 2.05) is 26.0 Å². The zero-order valence-corrected chi connectivity index (χ0v) is 36.9. The molecule has 60 heavy (non-hydrogen) atoms. The summed E-state index contributed by atoms with van der Waals surface area (Å²) in [7, 11) is -3.16. The van der Waals surface area contributed by atoms with Gasteiger partial charge in [-0.3, -0.25) is 14.2 Å². The third-order valence-electron chi connectivity index (χ3n) is 13.3. The standard InChI is InChI=1S/C44H56ClO14P/c1-23(2)51-35-36-38(54-41(4,5)52-36)40(39-37(35)53-42(6,7)55-39)57-60(47,48)56-31-14-10-25(11-15-31)22-50-34-28(12-9-24(3)46)13-16-32(33(34)45)44(49-8)43(58-59-44)29-18-26-17-27(20-29)21-30(43)19-26/h9-16,23,26-27,29-30,35-40H,17-22H2,1-8H3,(H,47,48)/b12-9+/t26?,27?,29?,30?,35?,36-,37+,38-,39-,40?,43?,44?/m1/s1. The lowest BCUT2D eigenvalue weighted by Gasteiger charge is -2.68. The number of hydrogen-bond donors (Lipinski definition) is 1. The quantitative estimate of drug-likeness (QED) is 0.117. The van der Waals surface area contributed by atoms with Gasteiger partial charge in [0.2, 0.25) is 0 Å². The molecule has 8 fully saturated rings. The van der Waals surface area contributed by atoms with Gasteiger partial charge in [0.25, 0.3) is 5.79 Å². The first-order valence-corrected chi connectivity index (χ1v) is 22.9. The van der Waals surface area contributed by atoms with Crippen LogP contribution in [0.3, 0.4) is 0 Å². The summed E-state index contributed by atoms with van der Waals surface area (Å²) < 4.78 is 69.3. The Hall–Kier alpha value is -2.43. The number of allylic oxidation sites excluding steroid dienone is 1. The van der Waals surface area contributed by atoms with E-state index in [1.165, 1.54) is 19.4 Å². The lowest BCUT2D eigenvalue weighted by atomic mass is 9.47. The predicted molar refractivity (Wildman–Crippen MR) is 216 cm³/mol. The zero-order valence-electron chi connectivity index (χ0n) is 35.3. The number of halogens is 1. The minimum atomic E-state index is -4.79. The molecule has 0 radical (unpaired) electrons. The molecule has 2 aromatic rings. The fraction of sp³-hybridized carbons (Fsp3) is 0.659. The van der Waals surface area contributed by atoms with Crippen LogP contribution < -0.4 is 9.26 Å². The normalized spacial score (nSPS) is 39.1. The number of ether oxygens (including phenoxy) is 7. The van der Waals surface area contributed by atoms with Crippen molar-refractivity contribution in [2.24, 2.45) is 23.7 Å². The Morgan fingerprint density at radius 2 is 1.43 bits per heavy atom. The van der Waals surface area contributed by atoms with Crippen molar-refractivity contribution in [1.82, 2.24) is 0 Å². The largest absolute Gasteiger partial charge is 0.527 e. The van der Waals surface area contributed by atoms with Crippen LogP contribution in [0, 0.1) is 23.7 Å².